The molecule has 0 amide bonds. The summed E-state index contributed by atoms with van der Waals surface area (Å²) in [5.41, 5.74) is 1.63. The molecule has 3 rings (SSSR count). The number of hydrogen-bond donors (Lipinski definition) is 1. The van der Waals surface area contributed by atoms with Crippen molar-refractivity contribution in [2.45, 2.75) is 24.9 Å². The van der Waals surface area contributed by atoms with Crippen LogP contribution < -0.4 is 5.32 Å². The molecule has 2 heterocycles. The number of oxime groups is 1. The molecule has 0 radical (unpaired) electrons. The van der Waals surface area contributed by atoms with Crippen molar-refractivity contribution in [3.05, 3.63) is 34.9 Å². The molecule has 1 saturated heterocycles. The van der Waals surface area contributed by atoms with Crippen LogP contribution in [0.2, 0.25) is 5.02 Å². The molecule has 1 fully saturated rings. The van der Waals surface area contributed by atoms with Crippen molar-refractivity contribution in [2.75, 3.05) is 13.1 Å². The SMILES string of the molecule is Clc1cccc(C#CC2=NOC3(CCNCC3)C2)c1. The fraction of sp³-hybridized carbons (Fsp3) is 0.400. The minimum Gasteiger partial charge on any atom is -0.388 e. The summed E-state index contributed by atoms with van der Waals surface area (Å²) >= 11 is 5.93. The summed E-state index contributed by atoms with van der Waals surface area (Å²) in [5.74, 6) is 6.18. The molecule has 0 aliphatic carbocycles. The van der Waals surface area contributed by atoms with Gasteiger partial charge in [0.05, 0.1) is 0 Å². The molecule has 0 saturated carbocycles. The first-order valence-corrected chi connectivity index (χ1v) is 6.87. The number of benzene rings is 1. The highest BCUT2D eigenvalue weighted by molar-refractivity contribution is 6.30. The Balaban J connectivity index is 1.69. The summed E-state index contributed by atoms with van der Waals surface area (Å²) in [6.07, 6.45) is 2.82. The lowest BCUT2D eigenvalue weighted by atomic mass is 9.88. The van der Waals surface area contributed by atoms with Crippen LogP contribution in [0.15, 0.2) is 29.4 Å². The van der Waals surface area contributed by atoms with Crippen LogP contribution in [0.3, 0.4) is 0 Å². The van der Waals surface area contributed by atoms with Gasteiger partial charge in [0.15, 0.2) is 0 Å². The quantitative estimate of drug-likeness (QED) is 0.738. The molecule has 98 valence electrons. The van der Waals surface area contributed by atoms with Gasteiger partial charge in [0.25, 0.3) is 0 Å². The first-order chi connectivity index (χ1) is 9.26. The third kappa shape index (κ3) is 2.91. The van der Waals surface area contributed by atoms with Gasteiger partial charge in [0.2, 0.25) is 0 Å². The van der Waals surface area contributed by atoms with Crippen LogP contribution in [0.5, 0.6) is 0 Å². The zero-order valence-corrected chi connectivity index (χ0v) is 11.3. The van der Waals surface area contributed by atoms with E-state index in [1.54, 1.807) is 0 Å². The Bertz CT molecular complexity index is 565. The highest BCUT2D eigenvalue weighted by atomic mass is 35.5. The van der Waals surface area contributed by atoms with Gasteiger partial charge >= 0.3 is 0 Å². The number of halogens is 1. The van der Waals surface area contributed by atoms with Crippen LogP contribution in [0.1, 0.15) is 24.8 Å². The summed E-state index contributed by atoms with van der Waals surface area (Å²) in [6.45, 7) is 1.98. The lowest BCUT2D eigenvalue weighted by Gasteiger charge is -2.30. The molecule has 0 bridgehead atoms. The van der Waals surface area contributed by atoms with E-state index >= 15 is 0 Å². The minimum atomic E-state index is -0.108. The number of nitrogens with one attached hydrogen (secondary N) is 1. The summed E-state index contributed by atoms with van der Waals surface area (Å²) < 4.78 is 0. The van der Waals surface area contributed by atoms with E-state index in [2.05, 4.69) is 22.3 Å². The molecule has 1 aromatic carbocycles. The van der Waals surface area contributed by atoms with Crippen molar-refractivity contribution in [3.8, 4) is 11.8 Å². The van der Waals surface area contributed by atoms with Gasteiger partial charge in [-0.05, 0) is 37.2 Å². The van der Waals surface area contributed by atoms with Crippen LogP contribution >= 0.6 is 11.6 Å². The van der Waals surface area contributed by atoms with Crippen LogP contribution in [0, 0.1) is 11.8 Å². The predicted octanol–water partition coefficient (Wildman–Crippen LogP) is 2.59. The average molecular weight is 275 g/mol. The van der Waals surface area contributed by atoms with Crippen molar-refractivity contribution in [2.24, 2.45) is 5.16 Å². The van der Waals surface area contributed by atoms with Crippen LogP contribution in [-0.2, 0) is 4.84 Å². The lowest BCUT2D eigenvalue weighted by Crippen LogP contribution is -2.41. The first kappa shape index (κ1) is 12.5. The van der Waals surface area contributed by atoms with Gasteiger partial charge in [-0.15, -0.1) is 0 Å². The van der Waals surface area contributed by atoms with Crippen molar-refractivity contribution >= 4 is 17.3 Å². The lowest BCUT2D eigenvalue weighted by molar-refractivity contribution is -0.0400. The normalized spacial score (nSPS) is 20.4. The summed E-state index contributed by atoms with van der Waals surface area (Å²) in [6, 6.07) is 7.53. The second-order valence-corrected chi connectivity index (χ2v) is 5.44. The van der Waals surface area contributed by atoms with E-state index in [1.807, 2.05) is 24.3 Å². The minimum absolute atomic E-state index is 0.108. The molecule has 0 unspecified atom stereocenters. The van der Waals surface area contributed by atoms with Gasteiger partial charge in [-0.1, -0.05) is 28.7 Å². The number of nitrogens with zero attached hydrogens (tertiary/aromatic N) is 1. The molecular formula is C15H15ClN2O. The summed E-state index contributed by atoms with van der Waals surface area (Å²) in [4.78, 5) is 5.63. The van der Waals surface area contributed by atoms with Gasteiger partial charge in [0, 0.05) is 29.8 Å². The van der Waals surface area contributed by atoms with E-state index < -0.39 is 0 Å². The van der Waals surface area contributed by atoms with E-state index in [4.69, 9.17) is 16.4 Å². The first-order valence-electron chi connectivity index (χ1n) is 6.49. The standard InChI is InChI=1S/C15H15ClN2O/c16-13-3-1-2-12(10-13)4-5-14-11-15(19-18-14)6-8-17-9-7-15/h1-3,10,17H,6-9,11H2. The molecule has 2 aliphatic rings. The zero-order valence-electron chi connectivity index (χ0n) is 10.6. The second-order valence-electron chi connectivity index (χ2n) is 5.00. The molecule has 1 N–H and O–H groups in total. The predicted molar refractivity (Wildman–Crippen MR) is 76.3 cm³/mol. The van der Waals surface area contributed by atoms with Crippen molar-refractivity contribution in [3.63, 3.8) is 0 Å². The largest absolute Gasteiger partial charge is 0.388 e. The van der Waals surface area contributed by atoms with E-state index in [0.717, 1.165) is 43.6 Å². The highest BCUT2D eigenvalue weighted by Gasteiger charge is 2.39. The number of piperidine rings is 1. The third-order valence-corrected chi connectivity index (χ3v) is 3.76. The molecule has 2 aliphatic heterocycles. The van der Waals surface area contributed by atoms with Gasteiger partial charge in [-0.2, -0.15) is 0 Å². The van der Waals surface area contributed by atoms with Crippen LogP contribution in [0.4, 0.5) is 0 Å². The molecule has 4 heteroatoms. The fourth-order valence-electron chi connectivity index (χ4n) is 2.45. The molecule has 1 spiro atoms. The molecule has 1 aromatic rings. The van der Waals surface area contributed by atoms with Crippen molar-refractivity contribution < 1.29 is 4.84 Å². The Kier molecular flexibility index (Phi) is 3.46. The number of hydrogen-bond acceptors (Lipinski definition) is 3. The maximum absolute atomic E-state index is 5.93. The maximum Gasteiger partial charge on any atom is 0.146 e. The molecule has 0 aromatic heterocycles. The monoisotopic (exact) mass is 274 g/mol. The van der Waals surface area contributed by atoms with Crippen molar-refractivity contribution in [1.29, 1.82) is 0 Å². The smallest absolute Gasteiger partial charge is 0.146 e. The molecule has 19 heavy (non-hydrogen) atoms. The summed E-state index contributed by atoms with van der Waals surface area (Å²) in [7, 11) is 0. The van der Waals surface area contributed by atoms with E-state index in [-0.39, 0.29) is 5.60 Å². The van der Waals surface area contributed by atoms with Gasteiger partial charge in [-0.25, -0.2) is 0 Å². The van der Waals surface area contributed by atoms with Gasteiger partial charge < -0.3 is 10.2 Å². The summed E-state index contributed by atoms with van der Waals surface area (Å²) in [5, 5.41) is 8.17. The Labute approximate surface area is 118 Å². The Morgan fingerprint density at radius 3 is 2.89 bits per heavy atom. The molecular weight excluding hydrogens is 260 g/mol. The van der Waals surface area contributed by atoms with Gasteiger partial charge in [-0.3, -0.25) is 0 Å². The Hall–Kier alpha value is -1.50. The average Bonchev–Trinajstić information content (AvgIpc) is 2.80. The topological polar surface area (TPSA) is 33.6 Å². The Morgan fingerprint density at radius 2 is 2.11 bits per heavy atom. The highest BCUT2D eigenvalue weighted by Crippen LogP contribution is 2.32. The van der Waals surface area contributed by atoms with Crippen LogP contribution in [0.25, 0.3) is 0 Å². The zero-order chi connectivity index (χ0) is 13.1. The van der Waals surface area contributed by atoms with Gasteiger partial charge in [0.1, 0.15) is 11.3 Å². The van der Waals surface area contributed by atoms with E-state index in [9.17, 15) is 0 Å². The number of rotatable bonds is 0. The van der Waals surface area contributed by atoms with Crippen molar-refractivity contribution in [1.82, 2.24) is 5.32 Å². The molecule has 0 atom stereocenters. The fourth-order valence-corrected chi connectivity index (χ4v) is 2.64. The molecule has 3 nitrogen and oxygen atoms in total. The van der Waals surface area contributed by atoms with E-state index in [1.165, 1.54) is 0 Å². The van der Waals surface area contributed by atoms with Crippen LogP contribution in [-0.4, -0.2) is 24.4 Å². The Morgan fingerprint density at radius 1 is 1.26 bits per heavy atom. The second kappa shape index (κ2) is 5.24. The third-order valence-electron chi connectivity index (χ3n) is 3.53. The maximum atomic E-state index is 5.93. The van der Waals surface area contributed by atoms with E-state index in [0.29, 0.717) is 5.02 Å².